The number of aromatic nitrogens is 1. The van der Waals surface area contributed by atoms with E-state index in [1.54, 1.807) is 13.1 Å². The number of Topliss-reactive ketones (excluding diaryl/α,β-unsaturated/α-hetero) is 1. The van der Waals surface area contributed by atoms with Gasteiger partial charge in [-0.3, -0.25) is 9.78 Å². The van der Waals surface area contributed by atoms with Crippen molar-refractivity contribution in [3.63, 3.8) is 0 Å². The van der Waals surface area contributed by atoms with Gasteiger partial charge in [0.2, 0.25) is 0 Å². The Balaban J connectivity index is 2.59. The maximum Gasteiger partial charge on any atom is 0.134 e. The van der Waals surface area contributed by atoms with Crippen LogP contribution in [0.25, 0.3) is 10.8 Å². The van der Waals surface area contributed by atoms with Crippen LogP contribution in [0.3, 0.4) is 0 Å². The predicted molar refractivity (Wildman–Crippen MR) is 56.1 cm³/mol. The number of ketones is 1. The van der Waals surface area contributed by atoms with E-state index in [2.05, 4.69) is 4.98 Å². The number of rotatable bonds is 2. The molecule has 0 aliphatic heterocycles. The van der Waals surface area contributed by atoms with Crippen molar-refractivity contribution >= 4 is 16.6 Å². The Morgan fingerprint density at radius 1 is 1.36 bits per heavy atom. The van der Waals surface area contributed by atoms with Gasteiger partial charge in [-0.05, 0) is 23.9 Å². The van der Waals surface area contributed by atoms with Crippen molar-refractivity contribution < 1.29 is 4.79 Å². The highest BCUT2D eigenvalue weighted by Gasteiger charge is 2.02. The molecule has 0 saturated heterocycles. The molecule has 14 heavy (non-hydrogen) atoms. The van der Waals surface area contributed by atoms with Crippen LogP contribution in [0.4, 0.5) is 0 Å². The van der Waals surface area contributed by atoms with E-state index >= 15 is 0 Å². The van der Waals surface area contributed by atoms with Crippen LogP contribution in [-0.4, -0.2) is 10.8 Å². The van der Waals surface area contributed by atoms with Crippen LogP contribution in [0.5, 0.6) is 0 Å². The molecule has 70 valence electrons. The van der Waals surface area contributed by atoms with Gasteiger partial charge in [-0.1, -0.05) is 18.2 Å². The highest BCUT2D eigenvalue weighted by atomic mass is 16.1. The molecular weight excluding hydrogens is 174 g/mol. The summed E-state index contributed by atoms with van der Waals surface area (Å²) in [4.78, 5) is 15.1. The molecule has 0 aliphatic rings. The molecule has 0 unspecified atom stereocenters. The highest BCUT2D eigenvalue weighted by molar-refractivity contribution is 5.89. The minimum atomic E-state index is 0.182. The van der Waals surface area contributed by atoms with Gasteiger partial charge < -0.3 is 0 Å². The van der Waals surface area contributed by atoms with Crippen molar-refractivity contribution in [3.8, 4) is 0 Å². The second kappa shape index (κ2) is 3.58. The Kier molecular flexibility index (Phi) is 2.27. The zero-order chi connectivity index (χ0) is 9.97. The molecular formula is C12H11NO. The Labute approximate surface area is 82.6 Å². The second-order valence-electron chi connectivity index (χ2n) is 3.39. The smallest absolute Gasteiger partial charge is 0.134 e. The van der Waals surface area contributed by atoms with Gasteiger partial charge in [0.25, 0.3) is 0 Å². The Bertz CT molecular complexity index is 471. The summed E-state index contributed by atoms with van der Waals surface area (Å²) in [6, 6.07) is 7.94. The molecule has 0 atom stereocenters. The van der Waals surface area contributed by atoms with E-state index in [1.165, 1.54) is 0 Å². The Hall–Kier alpha value is -1.70. The predicted octanol–water partition coefficient (Wildman–Crippen LogP) is 2.37. The normalized spacial score (nSPS) is 10.4. The number of hydrogen-bond donors (Lipinski definition) is 0. The van der Waals surface area contributed by atoms with E-state index in [0.29, 0.717) is 6.42 Å². The zero-order valence-electron chi connectivity index (χ0n) is 8.03. The first-order valence-electron chi connectivity index (χ1n) is 4.58. The van der Waals surface area contributed by atoms with Gasteiger partial charge in [-0.2, -0.15) is 0 Å². The van der Waals surface area contributed by atoms with Gasteiger partial charge in [0.05, 0.1) is 0 Å². The second-order valence-corrected chi connectivity index (χ2v) is 3.39. The van der Waals surface area contributed by atoms with Crippen LogP contribution >= 0.6 is 0 Å². The molecule has 0 N–H and O–H groups in total. The summed E-state index contributed by atoms with van der Waals surface area (Å²) in [6.45, 7) is 1.61. The molecule has 0 fully saturated rings. The molecule has 2 rings (SSSR count). The van der Waals surface area contributed by atoms with Crippen molar-refractivity contribution in [2.45, 2.75) is 13.3 Å². The van der Waals surface area contributed by atoms with E-state index in [-0.39, 0.29) is 5.78 Å². The maximum absolute atomic E-state index is 11.0. The fraction of sp³-hybridized carbons (Fsp3) is 0.167. The number of benzene rings is 1. The average Bonchev–Trinajstić information content (AvgIpc) is 2.18. The number of nitrogens with zero attached hydrogens (tertiary/aromatic N) is 1. The molecule has 1 heterocycles. The van der Waals surface area contributed by atoms with E-state index in [9.17, 15) is 4.79 Å². The van der Waals surface area contributed by atoms with Crippen LogP contribution < -0.4 is 0 Å². The van der Waals surface area contributed by atoms with Crippen molar-refractivity contribution in [1.82, 2.24) is 4.98 Å². The monoisotopic (exact) mass is 185 g/mol. The standard InChI is InChI=1S/C12H11NO/c1-9(14)7-11-4-2-3-10-5-6-13-8-12(10)11/h2-6,8H,7H2,1H3. The number of fused-ring (bicyclic) bond motifs is 1. The largest absolute Gasteiger partial charge is 0.300 e. The van der Waals surface area contributed by atoms with Crippen LogP contribution in [0.2, 0.25) is 0 Å². The third-order valence-electron chi connectivity index (χ3n) is 2.21. The van der Waals surface area contributed by atoms with Gasteiger partial charge in [0, 0.05) is 24.2 Å². The van der Waals surface area contributed by atoms with Crippen molar-refractivity contribution in [1.29, 1.82) is 0 Å². The summed E-state index contributed by atoms with van der Waals surface area (Å²) in [7, 11) is 0. The van der Waals surface area contributed by atoms with Crippen molar-refractivity contribution in [2.24, 2.45) is 0 Å². The van der Waals surface area contributed by atoms with Gasteiger partial charge in [-0.25, -0.2) is 0 Å². The number of hydrogen-bond acceptors (Lipinski definition) is 2. The molecule has 0 spiro atoms. The molecule has 2 aromatic rings. The Morgan fingerprint density at radius 2 is 2.21 bits per heavy atom. The summed E-state index contributed by atoms with van der Waals surface area (Å²) in [5, 5.41) is 2.21. The van der Waals surface area contributed by atoms with Gasteiger partial charge in [0.15, 0.2) is 0 Å². The van der Waals surface area contributed by atoms with Crippen molar-refractivity contribution in [3.05, 3.63) is 42.2 Å². The average molecular weight is 185 g/mol. The lowest BCUT2D eigenvalue weighted by Crippen LogP contribution is -1.97. The van der Waals surface area contributed by atoms with Crippen molar-refractivity contribution in [2.75, 3.05) is 0 Å². The molecule has 2 heteroatoms. The first-order chi connectivity index (χ1) is 6.77. The minimum absolute atomic E-state index is 0.182. The maximum atomic E-state index is 11.0. The quantitative estimate of drug-likeness (QED) is 0.719. The number of carbonyl (C=O) groups is 1. The summed E-state index contributed by atoms with van der Waals surface area (Å²) >= 11 is 0. The summed E-state index contributed by atoms with van der Waals surface area (Å²) in [6.07, 6.45) is 4.07. The molecule has 0 saturated carbocycles. The van der Waals surface area contributed by atoms with Gasteiger partial charge in [0.1, 0.15) is 5.78 Å². The fourth-order valence-electron chi connectivity index (χ4n) is 1.60. The third-order valence-corrected chi connectivity index (χ3v) is 2.21. The van der Waals surface area contributed by atoms with E-state index in [4.69, 9.17) is 0 Å². The number of pyridine rings is 1. The molecule has 0 aliphatic carbocycles. The molecule has 0 radical (unpaired) electrons. The molecule has 0 amide bonds. The molecule has 0 bridgehead atoms. The van der Waals surface area contributed by atoms with E-state index in [1.807, 2.05) is 30.5 Å². The first kappa shape index (κ1) is 8.88. The molecule has 2 nitrogen and oxygen atoms in total. The summed E-state index contributed by atoms with van der Waals surface area (Å²) in [5.74, 6) is 0.182. The lowest BCUT2D eigenvalue weighted by molar-refractivity contribution is -0.116. The Morgan fingerprint density at radius 3 is 3.00 bits per heavy atom. The summed E-state index contributed by atoms with van der Waals surface area (Å²) in [5.41, 5.74) is 1.06. The lowest BCUT2D eigenvalue weighted by atomic mass is 10.0. The van der Waals surface area contributed by atoms with E-state index < -0.39 is 0 Å². The first-order valence-corrected chi connectivity index (χ1v) is 4.58. The van der Waals surface area contributed by atoms with Crippen LogP contribution in [-0.2, 0) is 11.2 Å². The third kappa shape index (κ3) is 1.64. The summed E-state index contributed by atoms with van der Waals surface area (Å²) < 4.78 is 0. The topological polar surface area (TPSA) is 30.0 Å². The van der Waals surface area contributed by atoms with E-state index in [0.717, 1.165) is 16.3 Å². The number of carbonyl (C=O) groups excluding carboxylic acids is 1. The lowest BCUT2D eigenvalue weighted by Gasteiger charge is -2.03. The fourth-order valence-corrected chi connectivity index (χ4v) is 1.60. The molecule has 1 aromatic carbocycles. The highest BCUT2D eigenvalue weighted by Crippen LogP contribution is 2.17. The van der Waals surface area contributed by atoms with Gasteiger partial charge >= 0.3 is 0 Å². The van der Waals surface area contributed by atoms with Crippen LogP contribution in [0, 0.1) is 0 Å². The van der Waals surface area contributed by atoms with Crippen LogP contribution in [0.1, 0.15) is 12.5 Å². The van der Waals surface area contributed by atoms with Gasteiger partial charge in [-0.15, -0.1) is 0 Å². The SMILES string of the molecule is CC(=O)Cc1cccc2ccncc12. The van der Waals surface area contributed by atoms with Crippen LogP contribution in [0.15, 0.2) is 36.7 Å². The zero-order valence-corrected chi connectivity index (χ0v) is 8.03. The minimum Gasteiger partial charge on any atom is -0.300 e. The molecule has 1 aromatic heterocycles.